The van der Waals surface area contributed by atoms with Gasteiger partial charge in [-0.25, -0.2) is 4.79 Å². The standard InChI is InChI=1S/C24H23N5O2.ClH/c25-13-16-5-6-19-18(14-26-22(19)12-16)11-17-7-8-28(15-17)9-10-29-23(30)20-3-1-2-4-21(20)27-24(29)31;/h1-6,12,14,17,26H,7-11,15H2,(H,27,31);1H. The molecule has 5 rings (SSSR count). The maximum Gasteiger partial charge on any atom is 0.328 e. The lowest BCUT2D eigenvalue weighted by Gasteiger charge is -2.16. The normalized spacial score (nSPS) is 16.3. The van der Waals surface area contributed by atoms with Gasteiger partial charge in [0.05, 0.1) is 22.5 Å². The summed E-state index contributed by atoms with van der Waals surface area (Å²) in [6.07, 6.45) is 4.10. The van der Waals surface area contributed by atoms with E-state index in [0.29, 0.717) is 35.5 Å². The fourth-order valence-electron chi connectivity index (χ4n) is 4.66. The van der Waals surface area contributed by atoms with E-state index >= 15 is 0 Å². The number of aromatic amines is 2. The lowest BCUT2D eigenvalue weighted by atomic mass is 9.98. The van der Waals surface area contributed by atoms with Gasteiger partial charge in [0, 0.05) is 36.7 Å². The van der Waals surface area contributed by atoms with Gasteiger partial charge in [-0.05, 0) is 55.1 Å². The SMILES string of the molecule is Cl.N#Cc1ccc2c(CC3CCN(CCn4c(=O)[nH]c5ccccc5c4=O)C3)c[nH]c2c1. The minimum Gasteiger partial charge on any atom is -0.361 e. The highest BCUT2D eigenvalue weighted by Crippen LogP contribution is 2.26. The van der Waals surface area contributed by atoms with Crippen LogP contribution in [0.15, 0.2) is 58.3 Å². The van der Waals surface area contributed by atoms with Gasteiger partial charge in [-0.1, -0.05) is 18.2 Å². The average molecular weight is 450 g/mol. The molecule has 1 aliphatic heterocycles. The molecule has 7 nitrogen and oxygen atoms in total. The second kappa shape index (κ2) is 9.03. The van der Waals surface area contributed by atoms with Crippen molar-refractivity contribution in [3.8, 4) is 6.07 Å². The summed E-state index contributed by atoms with van der Waals surface area (Å²) >= 11 is 0. The number of para-hydroxylation sites is 1. The molecule has 0 aliphatic carbocycles. The molecule has 1 unspecified atom stereocenters. The first-order chi connectivity index (χ1) is 15.1. The highest BCUT2D eigenvalue weighted by molar-refractivity contribution is 5.85. The van der Waals surface area contributed by atoms with Crippen molar-refractivity contribution in [2.45, 2.75) is 19.4 Å². The molecule has 32 heavy (non-hydrogen) atoms. The van der Waals surface area contributed by atoms with Crippen molar-refractivity contribution in [1.82, 2.24) is 19.4 Å². The molecule has 0 radical (unpaired) electrons. The summed E-state index contributed by atoms with van der Waals surface area (Å²) in [5.41, 5.74) is 2.93. The molecule has 0 bridgehead atoms. The van der Waals surface area contributed by atoms with Crippen LogP contribution in [0.4, 0.5) is 0 Å². The third kappa shape index (κ3) is 4.07. The van der Waals surface area contributed by atoms with E-state index in [-0.39, 0.29) is 23.7 Å². The summed E-state index contributed by atoms with van der Waals surface area (Å²) in [5.74, 6) is 0.529. The minimum absolute atomic E-state index is 0. The van der Waals surface area contributed by atoms with Gasteiger partial charge in [0.1, 0.15) is 0 Å². The van der Waals surface area contributed by atoms with Crippen molar-refractivity contribution in [2.75, 3.05) is 19.6 Å². The Kier molecular flexibility index (Phi) is 6.17. The largest absolute Gasteiger partial charge is 0.361 e. The molecule has 3 heterocycles. The first kappa shape index (κ1) is 21.9. The molecule has 4 aromatic rings. The van der Waals surface area contributed by atoms with E-state index < -0.39 is 0 Å². The summed E-state index contributed by atoms with van der Waals surface area (Å²) in [6.45, 7) is 2.97. The third-order valence-corrected chi connectivity index (χ3v) is 6.30. The van der Waals surface area contributed by atoms with Crippen molar-refractivity contribution < 1.29 is 0 Å². The van der Waals surface area contributed by atoms with Crippen molar-refractivity contribution in [1.29, 1.82) is 5.26 Å². The van der Waals surface area contributed by atoms with E-state index in [0.717, 1.165) is 31.4 Å². The first-order valence-electron chi connectivity index (χ1n) is 10.6. The minimum atomic E-state index is -0.352. The number of likely N-dealkylation sites (tertiary alicyclic amines) is 1. The lowest BCUT2D eigenvalue weighted by Crippen LogP contribution is -2.38. The molecular formula is C24H24ClN5O2. The third-order valence-electron chi connectivity index (χ3n) is 6.30. The Bertz CT molecular complexity index is 1430. The topological polar surface area (TPSA) is 97.7 Å². The Morgan fingerprint density at radius 3 is 2.75 bits per heavy atom. The number of aromatic nitrogens is 3. The lowest BCUT2D eigenvalue weighted by molar-refractivity contribution is 0.305. The number of halogens is 1. The second-order valence-electron chi connectivity index (χ2n) is 8.28. The van der Waals surface area contributed by atoms with Gasteiger partial charge in [0.15, 0.2) is 0 Å². The maximum absolute atomic E-state index is 12.7. The Balaban J connectivity index is 0.00000245. The van der Waals surface area contributed by atoms with Crippen molar-refractivity contribution in [3.63, 3.8) is 0 Å². The van der Waals surface area contributed by atoms with E-state index in [2.05, 4.69) is 20.9 Å². The van der Waals surface area contributed by atoms with Crippen LogP contribution >= 0.6 is 12.4 Å². The van der Waals surface area contributed by atoms with E-state index in [4.69, 9.17) is 5.26 Å². The predicted molar refractivity (Wildman–Crippen MR) is 127 cm³/mol. The van der Waals surface area contributed by atoms with Crippen molar-refractivity contribution >= 4 is 34.2 Å². The van der Waals surface area contributed by atoms with Crippen LogP contribution in [0.25, 0.3) is 21.8 Å². The summed E-state index contributed by atoms with van der Waals surface area (Å²) in [6, 6.07) is 15.1. The van der Waals surface area contributed by atoms with Gasteiger partial charge < -0.3 is 14.9 Å². The molecule has 0 saturated carbocycles. The molecule has 2 aromatic carbocycles. The molecular weight excluding hydrogens is 426 g/mol. The smallest absolute Gasteiger partial charge is 0.328 e. The zero-order valence-electron chi connectivity index (χ0n) is 17.5. The van der Waals surface area contributed by atoms with Crippen LogP contribution in [0.2, 0.25) is 0 Å². The van der Waals surface area contributed by atoms with E-state index in [1.54, 1.807) is 12.1 Å². The molecule has 1 saturated heterocycles. The van der Waals surface area contributed by atoms with Gasteiger partial charge in [-0.3, -0.25) is 9.36 Å². The number of fused-ring (bicyclic) bond motifs is 2. The molecule has 2 aromatic heterocycles. The maximum atomic E-state index is 12.7. The molecule has 8 heteroatoms. The van der Waals surface area contributed by atoms with Crippen molar-refractivity contribution in [2.24, 2.45) is 5.92 Å². The Morgan fingerprint density at radius 1 is 1.06 bits per heavy atom. The highest BCUT2D eigenvalue weighted by Gasteiger charge is 2.23. The number of benzene rings is 2. The number of rotatable bonds is 5. The first-order valence-corrected chi connectivity index (χ1v) is 10.6. The summed E-state index contributed by atoms with van der Waals surface area (Å²) in [4.78, 5) is 33.5. The number of nitrogens with one attached hydrogen (secondary N) is 2. The molecule has 1 atom stereocenters. The molecule has 164 valence electrons. The van der Waals surface area contributed by atoms with Crippen molar-refractivity contribution in [3.05, 3.63) is 80.6 Å². The van der Waals surface area contributed by atoms with Crippen LogP contribution in [-0.2, 0) is 13.0 Å². The monoisotopic (exact) mass is 449 g/mol. The van der Waals surface area contributed by atoms with Crippen LogP contribution < -0.4 is 11.2 Å². The quantitative estimate of drug-likeness (QED) is 0.489. The number of nitrogens with zero attached hydrogens (tertiary/aromatic N) is 3. The fraction of sp³-hybridized carbons (Fsp3) is 0.292. The predicted octanol–water partition coefficient (Wildman–Crippen LogP) is 3.03. The van der Waals surface area contributed by atoms with Crippen LogP contribution in [-0.4, -0.2) is 39.1 Å². The number of nitriles is 1. The Morgan fingerprint density at radius 2 is 1.91 bits per heavy atom. The van der Waals surface area contributed by atoms with Gasteiger partial charge in [0.2, 0.25) is 0 Å². The molecule has 0 spiro atoms. The number of hydrogen-bond acceptors (Lipinski definition) is 4. The molecule has 2 N–H and O–H groups in total. The van der Waals surface area contributed by atoms with Crippen LogP contribution in [0.3, 0.4) is 0 Å². The van der Waals surface area contributed by atoms with Gasteiger partial charge in [-0.15, -0.1) is 12.4 Å². The summed E-state index contributed by atoms with van der Waals surface area (Å²) in [7, 11) is 0. The number of hydrogen-bond donors (Lipinski definition) is 2. The Labute approximate surface area is 190 Å². The van der Waals surface area contributed by atoms with E-state index in [9.17, 15) is 9.59 Å². The molecule has 1 fully saturated rings. The van der Waals surface area contributed by atoms with Gasteiger partial charge in [0.25, 0.3) is 5.56 Å². The Hall–Kier alpha value is -3.34. The fourth-order valence-corrected chi connectivity index (χ4v) is 4.66. The van der Waals surface area contributed by atoms with E-state index in [1.165, 1.54) is 15.5 Å². The molecule has 0 amide bonds. The average Bonchev–Trinajstić information content (AvgIpc) is 3.40. The van der Waals surface area contributed by atoms with Gasteiger partial charge in [-0.2, -0.15) is 5.26 Å². The summed E-state index contributed by atoms with van der Waals surface area (Å²) in [5, 5.41) is 10.8. The van der Waals surface area contributed by atoms with Crippen LogP contribution in [0.1, 0.15) is 17.5 Å². The zero-order valence-corrected chi connectivity index (χ0v) is 18.3. The second-order valence-corrected chi connectivity index (χ2v) is 8.28. The van der Waals surface area contributed by atoms with Crippen LogP contribution in [0, 0.1) is 17.2 Å². The van der Waals surface area contributed by atoms with Crippen LogP contribution in [0.5, 0.6) is 0 Å². The zero-order chi connectivity index (χ0) is 21.4. The molecule has 1 aliphatic rings. The summed E-state index contributed by atoms with van der Waals surface area (Å²) < 4.78 is 1.31. The number of H-pyrrole nitrogens is 2. The van der Waals surface area contributed by atoms with Gasteiger partial charge >= 0.3 is 5.69 Å². The highest BCUT2D eigenvalue weighted by atomic mass is 35.5. The van der Waals surface area contributed by atoms with E-state index in [1.807, 2.05) is 36.5 Å².